The molecule has 0 fully saturated rings. The second-order valence-electron chi connectivity index (χ2n) is 6.90. The molecular formula is C21H26N2O6S. The number of nitrogens with zero attached hydrogens (tertiary/aromatic N) is 1. The van der Waals surface area contributed by atoms with Gasteiger partial charge >= 0.3 is 0 Å². The molecule has 3 rings (SSSR count). The number of benzene rings is 2. The minimum atomic E-state index is -3.70. The lowest BCUT2D eigenvalue weighted by atomic mass is 10.0. The maximum atomic E-state index is 12.7. The highest BCUT2D eigenvalue weighted by atomic mass is 32.2. The summed E-state index contributed by atoms with van der Waals surface area (Å²) >= 11 is 0. The number of hydrogen-bond acceptors (Lipinski definition) is 6. The van der Waals surface area contributed by atoms with Gasteiger partial charge in [-0.05, 0) is 36.2 Å². The average molecular weight is 435 g/mol. The van der Waals surface area contributed by atoms with Crippen LogP contribution in [-0.4, -0.2) is 47.4 Å². The molecule has 0 radical (unpaired) electrons. The lowest BCUT2D eigenvalue weighted by Crippen LogP contribution is -2.41. The zero-order valence-corrected chi connectivity index (χ0v) is 18.1. The first-order valence-electron chi connectivity index (χ1n) is 9.62. The molecular weight excluding hydrogens is 408 g/mol. The highest BCUT2D eigenvalue weighted by molar-refractivity contribution is 7.92. The van der Waals surface area contributed by atoms with Gasteiger partial charge in [-0.15, -0.1) is 0 Å². The van der Waals surface area contributed by atoms with Crippen LogP contribution in [0.1, 0.15) is 24.9 Å². The van der Waals surface area contributed by atoms with Gasteiger partial charge < -0.3 is 19.5 Å². The van der Waals surface area contributed by atoms with Crippen molar-refractivity contribution in [2.45, 2.75) is 19.4 Å². The van der Waals surface area contributed by atoms with E-state index in [4.69, 9.17) is 14.2 Å². The van der Waals surface area contributed by atoms with Gasteiger partial charge in [-0.25, -0.2) is 8.42 Å². The smallest absolute Gasteiger partial charge is 0.241 e. The fraction of sp³-hybridized carbons (Fsp3) is 0.381. The Hall–Kier alpha value is -2.94. The topological polar surface area (TPSA) is 94.2 Å². The summed E-state index contributed by atoms with van der Waals surface area (Å²) in [7, 11) is -2.11. The van der Waals surface area contributed by atoms with Gasteiger partial charge in [0, 0.05) is 6.07 Å². The quantitative estimate of drug-likeness (QED) is 0.686. The summed E-state index contributed by atoms with van der Waals surface area (Å²) in [6.45, 7) is 2.43. The van der Waals surface area contributed by atoms with E-state index < -0.39 is 15.9 Å². The molecule has 1 heterocycles. The Bertz CT molecular complexity index is 991. The molecule has 1 N–H and O–H groups in total. The van der Waals surface area contributed by atoms with Crippen LogP contribution in [0.4, 0.5) is 5.69 Å². The van der Waals surface area contributed by atoms with E-state index in [0.717, 1.165) is 21.9 Å². The molecule has 0 aliphatic carbocycles. The van der Waals surface area contributed by atoms with E-state index >= 15 is 0 Å². The number of ether oxygens (including phenoxy) is 3. The molecule has 1 atom stereocenters. The van der Waals surface area contributed by atoms with Crippen LogP contribution in [0, 0.1) is 0 Å². The van der Waals surface area contributed by atoms with Gasteiger partial charge in [-0.2, -0.15) is 0 Å². The van der Waals surface area contributed by atoms with Gasteiger partial charge in [0.25, 0.3) is 0 Å². The maximum absolute atomic E-state index is 12.7. The predicted molar refractivity (Wildman–Crippen MR) is 114 cm³/mol. The number of hydrogen-bond donors (Lipinski definition) is 1. The SMILES string of the molecule is CC[C@@H](NC(=O)CN(c1ccc2c(c1)OCCO2)S(C)(=O)=O)c1ccc(OC)cc1. The first-order chi connectivity index (χ1) is 14.3. The summed E-state index contributed by atoms with van der Waals surface area (Å²) in [5, 5.41) is 2.91. The molecule has 9 heteroatoms. The van der Waals surface area contributed by atoms with E-state index in [1.807, 2.05) is 31.2 Å². The van der Waals surface area contributed by atoms with Crippen molar-refractivity contribution < 1.29 is 27.4 Å². The van der Waals surface area contributed by atoms with Crippen LogP contribution in [0.5, 0.6) is 17.2 Å². The van der Waals surface area contributed by atoms with Crippen molar-refractivity contribution in [3.8, 4) is 17.2 Å². The molecule has 30 heavy (non-hydrogen) atoms. The first-order valence-corrected chi connectivity index (χ1v) is 11.5. The minimum Gasteiger partial charge on any atom is -0.497 e. The summed E-state index contributed by atoms with van der Waals surface area (Å²) in [4.78, 5) is 12.7. The average Bonchev–Trinajstić information content (AvgIpc) is 2.75. The van der Waals surface area contributed by atoms with Crippen LogP contribution >= 0.6 is 0 Å². The van der Waals surface area contributed by atoms with Crippen molar-refractivity contribution >= 4 is 21.6 Å². The Morgan fingerprint density at radius 3 is 2.40 bits per heavy atom. The molecule has 0 unspecified atom stereocenters. The van der Waals surface area contributed by atoms with Crippen LogP contribution in [-0.2, 0) is 14.8 Å². The number of amides is 1. The molecule has 2 aromatic carbocycles. The van der Waals surface area contributed by atoms with Gasteiger partial charge in [0.05, 0.1) is 25.1 Å². The Morgan fingerprint density at radius 1 is 1.13 bits per heavy atom. The number of fused-ring (bicyclic) bond motifs is 1. The number of methoxy groups -OCH3 is 1. The standard InChI is InChI=1S/C21H26N2O6S/c1-4-18(15-5-8-17(27-2)9-6-15)22-21(24)14-23(30(3,25)26)16-7-10-19-20(13-16)29-12-11-28-19/h5-10,13,18H,4,11-12,14H2,1-3H3,(H,22,24)/t18-/m1/s1. The van der Waals surface area contributed by atoms with E-state index in [-0.39, 0.29) is 12.6 Å². The van der Waals surface area contributed by atoms with E-state index in [9.17, 15) is 13.2 Å². The summed E-state index contributed by atoms with van der Waals surface area (Å²) < 4.78 is 42.0. The minimum absolute atomic E-state index is 0.245. The molecule has 0 aromatic heterocycles. The van der Waals surface area contributed by atoms with E-state index in [1.54, 1.807) is 25.3 Å². The van der Waals surface area contributed by atoms with Gasteiger partial charge in [0.2, 0.25) is 15.9 Å². The maximum Gasteiger partial charge on any atom is 0.241 e. The fourth-order valence-corrected chi connectivity index (χ4v) is 4.06. The molecule has 0 bridgehead atoms. The largest absolute Gasteiger partial charge is 0.497 e. The van der Waals surface area contributed by atoms with Crippen LogP contribution in [0.25, 0.3) is 0 Å². The van der Waals surface area contributed by atoms with Crippen molar-refractivity contribution in [2.24, 2.45) is 0 Å². The van der Waals surface area contributed by atoms with Gasteiger partial charge in [-0.3, -0.25) is 9.10 Å². The zero-order chi connectivity index (χ0) is 21.7. The first kappa shape index (κ1) is 21.8. The van der Waals surface area contributed by atoms with Crippen LogP contribution in [0.3, 0.4) is 0 Å². The fourth-order valence-electron chi connectivity index (χ4n) is 3.21. The molecule has 1 amide bonds. The lowest BCUT2D eigenvalue weighted by molar-refractivity contribution is -0.120. The second kappa shape index (κ2) is 9.25. The molecule has 1 aliphatic rings. The van der Waals surface area contributed by atoms with Gasteiger partial charge in [0.15, 0.2) is 11.5 Å². The Labute approximate surface area is 176 Å². The molecule has 162 valence electrons. The summed E-state index contributed by atoms with van der Waals surface area (Å²) in [6, 6.07) is 12.0. The molecule has 2 aromatic rings. The highest BCUT2D eigenvalue weighted by Crippen LogP contribution is 2.34. The Kier molecular flexibility index (Phi) is 6.71. The van der Waals surface area contributed by atoms with Crippen molar-refractivity contribution in [1.82, 2.24) is 5.32 Å². The van der Waals surface area contributed by atoms with Gasteiger partial charge in [-0.1, -0.05) is 19.1 Å². The summed E-state index contributed by atoms with van der Waals surface area (Å²) in [6.07, 6.45) is 1.72. The predicted octanol–water partition coefficient (Wildman–Crippen LogP) is 2.50. The number of nitrogens with one attached hydrogen (secondary N) is 1. The molecule has 0 saturated carbocycles. The number of carbonyl (C=O) groups excluding carboxylic acids is 1. The van der Waals surface area contributed by atoms with Crippen molar-refractivity contribution in [3.63, 3.8) is 0 Å². The van der Waals surface area contributed by atoms with E-state index in [1.165, 1.54) is 0 Å². The highest BCUT2D eigenvalue weighted by Gasteiger charge is 2.24. The summed E-state index contributed by atoms with van der Waals surface area (Å²) in [5.41, 5.74) is 1.26. The number of rotatable bonds is 8. The van der Waals surface area contributed by atoms with E-state index in [2.05, 4.69) is 5.32 Å². The molecule has 0 saturated heterocycles. The van der Waals surface area contributed by atoms with Crippen molar-refractivity contribution in [2.75, 3.05) is 37.4 Å². The van der Waals surface area contributed by atoms with Crippen molar-refractivity contribution in [1.29, 1.82) is 0 Å². The monoisotopic (exact) mass is 434 g/mol. The Balaban J connectivity index is 1.76. The van der Waals surface area contributed by atoms with Crippen molar-refractivity contribution in [3.05, 3.63) is 48.0 Å². The normalized spacial score (nSPS) is 14.0. The lowest BCUT2D eigenvalue weighted by Gasteiger charge is -2.26. The number of sulfonamides is 1. The van der Waals surface area contributed by atoms with Gasteiger partial charge in [0.1, 0.15) is 25.5 Å². The van der Waals surface area contributed by atoms with E-state index in [0.29, 0.717) is 36.8 Å². The van der Waals surface area contributed by atoms with Crippen LogP contribution < -0.4 is 23.8 Å². The third-order valence-electron chi connectivity index (χ3n) is 4.76. The number of anilines is 1. The molecule has 0 spiro atoms. The third kappa shape index (κ3) is 5.15. The van der Waals surface area contributed by atoms with Crippen LogP contribution in [0.2, 0.25) is 0 Å². The number of carbonyl (C=O) groups is 1. The molecule has 1 aliphatic heterocycles. The third-order valence-corrected chi connectivity index (χ3v) is 5.90. The summed E-state index contributed by atoms with van der Waals surface area (Å²) in [5.74, 6) is 1.32. The molecule has 8 nitrogen and oxygen atoms in total. The van der Waals surface area contributed by atoms with Crippen LogP contribution in [0.15, 0.2) is 42.5 Å². The zero-order valence-electron chi connectivity index (χ0n) is 17.3. The second-order valence-corrected chi connectivity index (χ2v) is 8.81. The Morgan fingerprint density at radius 2 is 1.80 bits per heavy atom.